The van der Waals surface area contributed by atoms with Gasteiger partial charge in [-0.2, -0.15) is 0 Å². The van der Waals surface area contributed by atoms with Crippen molar-refractivity contribution in [3.63, 3.8) is 0 Å². The van der Waals surface area contributed by atoms with Gasteiger partial charge in [0.1, 0.15) is 11.9 Å². The molecule has 15 heteroatoms. The van der Waals surface area contributed by atoms with Crippen LogP contribution in [0.3, 0.4) is 0 Å². The summed E-state index contributed by atoms with van der Waals surface area (Å²) >= 11 is 0. The largest absolute Gasteiger partial charge is 0.493 e. The van der Waals surface area contributed by atoms with E-state index in [1.807, 2.05) is 0 Å². The van der Waals surface area contributed by atoms with E-state index in [0.29, 0.717) is 35.5 Å². The summed E-state index contributed by atoms with van der Waals surface area (Å²) in [5.41, 5.74) is 0.511. The summed E-state index contributed by atoms with van der Waals surface area (Å²) in [7, 11) is 0.285. The summed E-state index contributed by atoms with van der Waals surface area (Å²) in [5, 5.41) is 4.90. The van der Waals surface area contributed by atoms with Crippen LogP contribution in [-0.4, -0.2) is 68.4 Å². The Labute approximate surface area is 276 Å². The van der Waals surface area contributed by atoms with Crippen LogP contribution in [-0.2, 0) is 19.4 Å². The molecule has 2 amide bonds. The predicted octanol–water partition coefficient (Wildman–Crippen LogP) is 4.96. The molecule has 48 heavy (non-hydrogen) atoms. The van der Waals surface area contributed by atoms with Gasteiger partial charge in [-0.1, -0.05) is 6.07 Å². The minimum absolute atomic E-state index is 0.0283. The molecule has 0 aliphatic carbocycles. The van der Waals surface area contributed by atoms with Crippen molar-refractivity contribution in [1.29, 1.82) is 0 Å². The number of H-pyrrole nitrogens is 1. The molecule has 2 heterocycles. The molecule has 1 aliphatic heterocycles. The molecule has 0 spiro atoms. The first-order chi connectivity index (χ1) is 22.9. The van der Waals surface area contributed by atoms with Gasteiger partial charge in [-0.05, 0) is 74.2 Å². The Kier molecular flexibility index (Phi) is 9.89. The van der Waals surface area contributed by atoms with Crippen LogP contribution in [0.25, 0.3) is 10.9 Å². The molecule has 2 atom stereocenters. The molecule has 5 rings (SSSR count). The van der Waals surface area contributed by atoms with Gasteiger partial charge in [-0.15, -0.1) is 0 Å². The Morgan fingerprint density at radius 2 is 1.79 bits per heavy atom. The van der Waals surface area contributed by atoms with Crippen molar-refractivity contribution in [2.75, 3.05) is 38.5 Å². The lowest BCUT2D eigenvalue weighted by Gasteiger charge is -2.32. The normalized spacial score (nSPS) is 15.3. The Bertz CT molecular complexity index is 2030. The number of likely N-dealkylation sites (tertiary alicyclic amines) is 1. The Morgan fingerprint density at radius 1 is 1.04 bits per heavy atom. The third kappa shape index (κ3) is 6.63. The van der Waals surface area contributed by atoms with Gasteiger partial charge in [0, 0.05) is 18.3 Å². The van der Waals surface area contributed by atoms with E-state index in [2.05, 4.69) is 20.6 Å². The highest BCUT2D eigenvalue weighted by molar-refractivity contribution is 7.92. The summed E-state index contributed by atoms with van der Waals surface area (Å²) in [6, 6.07) is 9.67. The summed E-state index contributed by atoms with van der Waals surface area (Å²) < 4.78 is 58.2. The minimum atomic E-state index is -3.83. The lowest BCUT2D eigenvalue weighted by Crippen LogP contribution is -2.38. The first-order valence-electron chi connectivity index (χ1n) is 15.1. The molecule has 1 aromatic heterocycles. The molecule has 254 valence electrons. The van der Waals surface area contributed by atoms with Gasteiger partial charge < -0.3 is 29.4 Å². The number of methoxy groups -OCH3 is 3. The van der Waals surface area contributed by atoms with E-state index in [-0.39, 0.29) is 33.7 Å². The Morgan fingerprint density at radius 3 is 2.48 bits per heavy atom. The SMILES string of the molecule is COC(=O)Nc1ccc(S(=O)(=O)C(C)C)c([C@H]2CCCN2C(=O)[C@H](Nc2cc3c(=O)[nH]cnc3cc2F)c2ccc(OC)c(OC)c2)c1. The van der Waals surface area contributed by atoms with Crippen LogP contribution in [0, 0.1) is 5.82 Å². The number of anilines is 2. The van der Waals surface area contributed by atoms with Crippen LogP contribution in [0.15, 0.2) is 64.5 Å². The van der Waals surface area contributed by atoms with Crippen molar-refractivity contribution < 1.29 is 36.6 Å². The number of ether oxygens (including phenoxy) is 3. The van der Waals surface area contributed by atoms with Crippen molar-refractivity contribution >= 4 is 44.1 Å². The number of nitrogens with one attached hydrogen (secondary N) is 3. The van der Waals surface area contributed by atoms with Crippen molar-refractivity contribution in [1.82, 2.24) is 14.9 Å². The molecule has 4 aromatic rings. The quantitative estimate of drug-likeness (QED) is 0.208. The molecule has 0 bridgehead atoms. The van der Waals surface area contributed by atoms with Crippen molar-refractivity contribution in [3.8, 4) is 11.5 Å². The van der Waals surface area contributed by atoms with Gasteiger partial charge in [0.25, 0.3) is 5.56 Å². The fourth-order valence-electron chi connectivity index (χ4n) is 5.76. The highest BCUT2D eigenvalue weighted by atomic mass is 32.2. The van der Waals surface area contributed by atoms with Crippen LogP contribution in [0.1, 0.15) is 49.9 Å². The summed E-state index contributed by atoms with van der Waals surface area (Å²) in [6.07, 6.45) is 1.38. The zero-order chi connectivity index (χ0) is 34.7. The number of aromatic amines is 1. The van der Waals surface area contributed by atoms with Crippen LogP contribution in [0.4, 0.5) is 20.6 Å². The number of nitrogens with zero attached hydrogens (tertiary/aromatic N) is 2. The van der Waals surface area contributed by atoms with Gasteiger partial charge in [0.2, 0.25) is 5.91 Å². The van der Waals surface area contributed by atoms with Gasteiger partial charge >= 0.3 is 6.09 Å². The molecular weight excluding hydrogens is 645 g/mol. The molecule has 1 fully saturated rings. The Balaban J connectivity index is 1.63. The second-order valence-electron chi connectivity index (χ2n) is 11.4. The smallest absolute Gasteiger partial charge is 0.411 e. The molecule has 1 saturated heterocycles. The second-order valence-corrected chi connectivity index (χ2v) is 13.9. The number of sulfone groups is 1. The topological polar surface area (TPSA) is 169 Å². The van der Waals surface area contributed by atoms with E-state index >= 15 is 4.39 Å². The maximum Gasteiger partial charge on any atom is 0.411 e. The third-order valence-electron chi connectivity index (χ3n) is 8.28. The van der Waals surface area contributed by atoms with Crippen molar-refractivity contribution in [3.05, 3.63) is 82.2 Å². The van der Waals surface area contributed by atoms with Crippen LogP contribution >= 0.6 is 0 Å². The molecule has 0 saturated carbocycles. The first-order valence-corrected chi connectivity index (χ1v) is 16.6. The monoisotopic (exact) mass is 681 g/mol. The zero-order valence-corrected chi connectivity index (χ0v) is 27.8. The summed E-state index contributed by atoms with van der Waals surface area (Å²) in [6.45, 7) is 3.38. The lowest BCUT2D eigenvalue weighted by atomic mass is 10.0. The third-order valence-corrected chi connectivity index (χ3v) is 10.5. The summed E-state index contributed by atoms with van der Waals surface area (Å²) in [5.74, 6) is -0.522. The molecular formula is C33H36FN5O8S. The summed E-state index contributed by atoms with van der Waals surface area (Å²) in [4.78, 5) is 47.3. The lowest BCUT2D eigenvalue weighted by molar-refractivity contribution is -0.133. The van der Waals surface area contributed by atoms with Crippen molar-refractivity contribution in [2.24, 2.45) is 0 Å². The van der Waals surface area contributed by atoms with Gasteiger partial charge in [-0.3, -0.25) is 14.9 Å². The molecule has 13 nitrogen and oxygen atoms in total. The Hall–Kier alpha value is -5.18. The molecule has 1 aliphatic rings. The van der Waals surface area contributed by atoms with Crippen LogP contribution in [0.2, 0.25) is 0 Å². The number of hydrogen-bond acceptors (Lipinski definition) is 10. The van der Waals surface area contributed by atoms with E-state index < -0.39 is 50.5 Å². The molecule has 3 aromatic carbocycles. The van der Waals surface area contributed by atoms with Crippen molar-refractivity contribution in [2.45, 2.75) is 48.9 Å². The average molecular weight is 682 g/mol. The van der Waals surface area contributed by atoms with Crippen LogP contribution < -0.4 is 25.7 Å². The minimum Gasteiger partial charge on any atom is -0.493 e. The highest BCUT2D eigenvalue weighted by Gasteiger charge is 2.38. The van der Waals surface area contributed by atoms with E-state index in [1.165, 1.54) is 56.8 Å². The van der Waals surface area contributed by atoms with Crippen LogP contribution in [0.5, 0.6) is 11.5 Å². The van der Waals surface area contributed by atoms with E-state index in [9.17, 15) is 22.8 Å². The fraction of sp³-hybridized carbons (Fsp3) is 0.333. The fourth-order valence-corrected chi connectivity index (χ4v) is 7.05. The van der Waals surface area contributed by atoms with E-state index in [1.54, 1.807) is 32.0 Å². The molecule has 0 unspecified atom stereocenters. The second kappa shape index (κ2) is 13.9. The highest BCUT2D eigenvalue weighted by Crippen LogP contribution is 2.41. The molecule has 0 radical (unpaired) electrons. The number of aromatic nitrogens is 2. The number of amides is 2. The molecule has 3 N–H and O–H groups in total. The maximum absolute atomic E-state index is 15.5. The maximum atomic E-state index is 15.5. The number of rotatable bonds is 10. The number of halogens is 1. The van der Waals surface area contributed by atoms with Gasteiger partial charge in [0.05, 0.1) is 60.4 Å². The van der Waals surface area contributed by atoms with E-state index in [4.69, 9.17) is 14.2 Å². The van der Waals surface area contributed by atoms with Gasteiger partial charge in [-0.25, -0.2) is 22.6 Å². The van der Waals surface area contributed by atoms with Gasteiger partial charge in [0.15, 0.2) is 21.3 Å². The predicted molar refractivity (Wildman–Crippen MR) is 177 cm³/mol. The average Bonchev–Trinajstić information content (AvgIpc) is 3.57. The number of fused-ring (bicyclic) bond motifs is 1. The van der Waals surface area contributed by atoms with E-state index in [0.717, 1.165) is 6.07 Å². The number of hydrogen-bond donors (Lipinski definition) is 3. The zero-order valence-electron chi connectivity index (χ0n) is 27.0. The standard InChI is InChI=1S/C33H36FN5O8S/c1-18(2)48(43,44)29-11-9-20(37-33(42)47-5)14-22(29)26-7-6-12-39(26)32(41)30(19-8-10-27(45-3)28(13-19)46-4)38-25-15-21-24(16-23(25)34)35-17-36-31(21)40/h8-11,13-18,26,30,38H,6-7,12H2,1-5H3,(H,37,42)(H,35,36,40)/t26-,30-/m1/s1. The number of benzene rings is 3. The number of carbonyl (C=O) groups excluding carboxylic acids is 2. The number of carbonyl (C=O) groups is 2. The first kappa shape index (κ1) is 34.2.